The van der Waals surface area contributed by atoms with Crippen LogP contribution in [-0.2, 0) is 23.7 Å². The number of carbonyl (C=O) groups is 1. The lowest BCUT2D eigenvalue weighted by Gasteiger charge is -2.72. The van der Waals surface area contributed by atoms with Crippen LogP contribution < -0.4 is 0 Å². The van der Waals surface area contributed by atoms with Gasteiger partial charge in [-0.1, -0.05) is 53.2 Å². The lowest BCUT2D eigenvalue weighted by atomic mass is 9.33. The van der Waals surface area contributed by atoms with Crippen LogP contribution in [0.15, 0.2) is 11.6 Å². The first kappa shape index (κ1) is 43.8. The van der Waals surface area contributed by atoms with Gasteiger partial charge in [-0.3, -0.25) is 4.79 Å². The first-order chi connectivity index (χ1) is 26.6. The summed E-state index contributed by atoms with van der Waals surface area (Å²) in [6.07, 6.45) is -9.20. The molecule has 0 radical (unpaired) electrons. The number of esters is 1. The molecule has 5 aliphatic carbocycles. The summed E-state index contributed by atoms with van der Waals surface area (Å²) < 4.78 is 23.6. The first-order valence-electron chi connectivity index (χ1n) is 21.1. The Morgan fingerprint density at radius 1 is 0.719 bits per heavy atom. The van der Waals surface area contributed by atoms with Crippen LogP contribution in [0, 0.1) is 50.2 Å². The number of carbonyl (C=O) groups excluding carboxylic acids is 1. The molecule has 20 atom stereocenters. The highest BCUT2D eigenvalue weighted by Gasteiger charge is 2.71. The van der Waals surface area contributed by atoms with Crippen molar-refractivity contribution in [3.05, 3.63) is 11.6 Å². The lowest BCUT2D eigenvalue weighted by Crippen LogP contribution is -2.69. The minimum Gasteiger partial charge on any atom is -0.432 e. The van der Waals surface area contributed by atoms with E-state index in [2.05, 4.69) is 40.7 Å². The fraction of sp³-hybridized carbons (Fsp3) is 0.929. The zero-order valence-corrected chi connectivity index (χ0v) is 34.2. The third-order valence-electron chi connectivity index (χ3n) is 17.3. The summed E-state index contributed by atoms with van der Waals surface area (Å²) in [6, 6.07) is 0. The van der Waals surface area contributed by atoms with Crippen LogP contribution in [0.2, 0.25) is 0 Å². The molecule has 0 aromatic rings. The van der Waals surface area contributed by atoms with E-state index in [0.717, 1.165) is 19.3 Å². The molecule has 0 spiro atoms. The summed E-state index contributed by atoms with van der Waals surface area (Å²) in [4.78, 5) is 14.6. The Bertz CT molecular complexity index is 1540. The maximum Gasteiger partial charge on any atom is 0.315 e. The van der Waals surface area contributed by atoms with Gasteiger partial charge in [-0.15, -0.1) is 0 Å². The molecule has 7 aliphatic rings. The zero-order valence-electron chi connectivity index (χ0n) is 34.2. The van der Waals surface area contributed by atoms with Gasteiger partial charge in [0.2, 0.25) is 6.29 Å². The molecule has 6 fully saturated rings. The molecule has 0 unspecified atom stereocenters. The number of aliphatic hydroxyl groups excluding tert-OH is 10. The van der Waals surface area contributed by atoms with E-state index in [0.29, 0.717) is 38.5 Å². The second-order valence-corrected chi connectivity index (χ2v) is 20.7. The maximum absolute atomic E-state index is 14.6. The molecule has 0 aromatic heterocycles. The number of hydrogen-bond acceptors (Lipinski definition) is 15. The Kier molecular flexibility index (Phi) is 11.5. The number of rotatable bonds is 7. The average molecular weight is 813 g/mol. The number of fused-ring (bicyclic) bond motifs is 7. The third-order valence-corrected chi connectivity index (χ3v) is 17.3. The summed E-state index contributed by atoms with van der Waals surface area (Å²) in [5, 5.41) is 106. The molecular weight excluding hydrogens is 744 g/mol. The second-order valence-electron chi connectivity index (χ2n) is 20.7. The van der Waals surface area contributed by atoms with E-state index in [4.69, 9.17) is 18.9 Å². The van der Waals surface area contributed by atoms with E-state index >= 15 is 0 Å². The van der Waals surface area contributed by atoms with Gasteiger partial charge < -0.3 is 70.0 Å². The van der Waals surface area contributed by atoms with Crippen LogP contribution in [0.4, 0.5) is 0 Å². The van der Waals surface area contributed by atoms with Crippen LogP contribution >= 0.6 is 0 Å². The van der Waals surface area contributed by atoms with Gasteiger partial charge in [0.15, 0.2) is 6.29 Å². The van der Waals surface area contributed by atoms with Gasteiger partial charge in [0, 0.05) is 5.41 Å². The van der Waals surface area contributed by atoms with Crippen molar-refractivity contribution >= 4 is 5.97 Å². The standard InChI is InChI=1S/C42H68O15/c1-37(2)11-13-42(36(53)57-35-32(52)30(50)28(48)24(18-44)55-35)14-12-40(5)20(21(42)15-37)7-8-26-38(3)16-22(46)33(39(4,19-45)25(38)9-10-41(26,40)6)56-34-31(51)29(49)27(47)23(17-43)54-34/h7,21-35,43-52H,8-19H2,1-6H3/t21-,22-,23+,24+,25+,26+,27+,28+,29-,30-,31+,32+,33-,34-,35-,38-,39-,40+,41+,42-/m0/s1. The van der Waals surface area contributed by atoms with Crippen molar-refractivity contribution in [2.24, 2.45) is 50.2 Å². The SMILES string of the molecule is CC1(C)CC[C@]2(C(=O)O[C@@H]3O[C@H](CO)[C@@H](O)[C@H](O)[C@H]3O)CC[C@]3(C)C(=CC[C@@H]4[C@@]5(C)C[C@H](O)[C@H](O[C@@H]6O[C@H](CO)[C@@H](O)[C@H](O)[C@H]6O)[C@@](C)(CO)[C@@H]5CC[C@]43C)[C@@H]2C1. The third kappa shape index (κ3) is 6.43. The topological polar surface area (TPSA) is 256 Å². The quantitative estimate of drug-likeness (QED) is 0.0940. The van der Waals surface area contributed by atoms with Crippen molar-refractivity contribution in [1.29, 1.82) is 0 Å². The molecule has 2 aliphatic heterocycles. The van der Waals surface area contributed by atoms with Gasteiger partial charge in [-0.2, -0.15) is 0 Å². The van der Waals surface area contributed by atoms with Crippen molar-refractivity contribution in [2.75, 3.05) is 19.8 Å². The largest absolute Gasteiger partial charge is 0.432 e. The van der Waals surface area contributed by atoms with Gasteiger partial charge in [0.1, 0.15) is 48.8 Å². The Morgan fingerprint density at radius 2 is 1.30 bits per heavy atom. The van der Waals surface area contributed by atoms with E-state index in [1.165, 1.54) is 5.57 Å². The molecular formula is C42H68O15. The van der Waals surface area contributed by atoms with Crippen LogP contribution in [-0.4, -0.2) is 150 Å². The zero-order chi connectivity index (χ0) is 41.8. The van der Waals surface area contributed by atoms with Crippen LogP contribution in [0.5, 0.6) is 0 Å². The van der Waals surface area contributed by atoms with E-state index in [1.807, 2.05) is 6.92 Å². The van der Waals surface area contributed by atoms with E-state index in [1.54, 1.807) is 0 Å². The monoisotopic (exact) mass is 812 g/mol. The highest BCUT2D eigenvalue weighted by Crippen LogP contribution is 2.76. The van der Waals surface area contributed by atoms with Crippen molar-refractivity contribution < 1.29 is 74.8 Å². The van der Waals surface area contributed by atoms with Gasteiger partial charge in [-0.05, 0) is 97.2 Å². The highest BCUT2D eigenvalue weighted by atomic mass is 16.7. The molecule has 57 heavy (non-hydrogen) atoms. The Hall–Kier alpha value is -1.31. The van der Waals surface area contributed by atoms with Gasteiger partial charge in [0.25, 0.3) is 0 Å². The fourth-order valence-corrected chi connectivity index (χ4v) is 13.7. The van der Waals surface area contributed by atoms with Crippen LogP contribution in [0.25, 0.3) is 0 Å². The van der Waals surface area contributed by atoms with Crippen molar-refractivity contribution in [3.63, 3.8) is 0 Å². The van der Waals surface area contributed by atoms with Crippen molar-refractivity contribution in [3.8, 4) is 0 Å². The molecule has 7 rings (SSSR count). The molecule has 0 aromatic carbocycles. The molecule has 0 bridgehead atoms. The molecule has 2 heterocycles. The van der Waals surface area contributed by atoms with Crippen molar-refractivity contribution in [1.82, 2.24) is 0 Å². The minimum atomic E-state index is -1.70. The molecule has 15 heteroatoms. The van der Waals surface area contributed by atoms with Gasteiger partial charge in [-0.25, -0.2) is 0 Å². The molecule has 0 amide bonds. The summed E-state index contributed by atoms with van der Waals surface area (Å²) in [5.74, 6) is -0.763. The first-order valence-corrected chi connectivity index (χ1v) is 21.1. The van der Waals surface area contributed by atoms with Crippen LogP contribution in [0.3, 0.4) is 0 Å². The molecule has 2 saturated heterocycles. The summed E-state index contributed by atoms with van der Waals surface area (Å²) >= 11 is 0. The number of hydrogen-bond donors (Lipinski definition) is 10. The Morgan fingerprint density at radius 3 is 1.89 bits per heavy atom. The van der Waals surface area contributed by atoms with Crippen molar-refractivity contribution in [2.45, 2.75) is 173 Å². The number of allylic oxidation sites excluding steroid dienone is 2. The fourth-order valence-electron chi connectivity index (χ4n) is 13.7. The van der Waals surface area contributed by atoms with E-state index in [9.17, 15) is 55.9 Å². The second kappa shape index (κ2) is 14.9. The molecule has 15 nitrogen and oxygen atoms in total. The minimum absolute atomic E-state index is 0.0661. The average Bonchev–Trinajstić information content (AvgIpc) is 3.16. The highest BCUT2D eigenvalue weighted by molar-refractivity contribution is 5.79. The smallest absolute Gasteiger partial charge is 0.315 e. The van der Waals surface area contributed by atoms with Crippen LogP contribution in [0.1, 0.15) is 99.3 Å². The maximum atomic E-state index is 14.6. The van der Waals surface area contributed by atoms with Gasteiger partial charge >= 0.3 is 5.97 Å². The summed E-state index contributed by atoms with van der Waals surface area (Å²) in [7, 11) is 0. The Labute approximate surface area is 335 Å². The van der Waals surface area contributed by atoms with E-state index in [-0.39, 0.29) is 40.6 Å². The molecule has 326 valence electrons. The van der Waals surface area contributed by atoms with E-state index < -0.39 is 109 Å². The lowest BCUT2D eigenvalue weighted by molar-refractivity contribution is -0.345. The molecule has 10 N–H and O–H groups in total. The number of aliphatic hydroxyl groups is 10. The molecule has 4 saturated carbocycles. The Balaban J connectivity index is 1.19. The van der Waals surface area contributed by atoms with Gasteiger partial charge in [0.05, 0.1) is 37.4 Å². The predicted molar refractivity (Wildman–Crippen MR) is 200 cm³/mol. The summed E-state index contributed by atoms with van der Waals surface area (Å²) in [6.45, 7) is 11.6. The normalized spacial score (nSPS) is 54.7. The summed E-state index contributed by atoms with van der Waals surface area (Å²) in [5.41, 5.74) is -1.89. The predicted octanol–water partition coefficient (Wildman–Crippen LogP) is 0.260. The number of ether oxygens (including phenoxy) is 4.